The molecule has 0 radical (unpaired) electrons. The van der Waals surface area contributed by atoms with Crippen molar-refractivity contribution in [3.05, 3.63) is 0 Å². The van der Waals surface area contributed by atoms with Crippen LogP contribution in [0.3, 0.4) is 0 Å². The van der Waals surface area contributed by atoms with E-state index >= 15 is 0 Å². The molecule has 0 bridgehead atoms. The summed E-state index contributed by atoms with van der Waals surface area (Å²) >= 11 is 0. The molecular weight excluding hydrogens is 154 g/mol. The lowest BCUT2D eigenvalue weighted by Crippen LogP contribution is -2.42. The van der Waals surface area contributed by atoms with E-state index in [0.29, 0.717) is 6.54 Å². The van der Waals surface area contributed by atoms with Gasteiger partial charge in [-0.15, -0.1) is 4.83 Å². The van der Waals surface area contributed by atoms with E-state index in [9.17, 15) is 8.42 Å². The molecule has 62 valence electrons. The third kappa shape index (κ3) is 4.68. The van der Waals surface area contributed by atoms with Crippen LogP contribution in [0.25, 0.3) is 0 Å². The molecule has 0 saturated carbocycles. The lowest BCUT2D eigenvalue weighted by atomic mass is 10.2. The number of hydrogen-bond acceptors (Lipinski definition) is 3. The molecule has 4 N–H and O–H groups in total. The Morgan fingerprint density at radius 3 is 2.30 bits per heavy atom. The van der Waals surface area contributed by atoms with E-state index in [1.54, 1.807) is 4.83 Å². The molecule has 0 aliphatic rings. The minimum Gasteiger partial charge on any atom is -0.257 e. The highest BCUT2D eigenvalue weighted by Gasteiger charge is 2.05. The Bertz CT molecular complexity index is 175. The zero-order chi connectivity index (χ0) is 8.20. The third-order valence-corrected chi connectivity index (χ3v) is 1.69. The van der Waals surface area contributed by atoms with Crippen molar-refractivity contribution in [1.29, 1.82) is 0 Å². The summed E-state index contributed by atoms with van der Waals surface area (Å²) in [5, 5.41) is 0. The maximum absolute atomic E-state index is 10.6. The SMILES string of the molecule is CC(C)CNS(=O)(=O)NN. The first-order valence-electron chi connectivity index (χ1n) is 2.95. The summed E-state index contributed by atoms with van der Waals surface area (Å²) in [6, 6.07) is 0. The highest BCUT2D eigenvalue weighted by atomic mass is 32.2. The molecule has 0 aliphatic heterocycles. The standard InChI is InChI=1S/C4H13N3O2S/c1-4(2)3-6-10(8,9)7-5/h4,6-7H,3,5H2,1-2H3. The molecule has 0 saturated heterocycles. The molecule has 10 heavy (non-hydrogen) atoms. The minimum atomic E-state index is -3.44. The molecule has 0 amide bonds. The zero-order valence-electron chi connectivity index (χ0n) is 6.09. The van der Waals surface area contributed by atoms with E-state index in [1.165, 1.54) is 0 Å². The van der Waals surface area contributed by atoms with E-state index in [2.05, 4.69) is 4.72 Å². The number of hydrazine groups is 1. The molecule has 6 heteroatoms. The Morgan fingerprint density at radius 2 is 2.00 bits per heavy atom. The van der Waals surface area contributed by atoms with Crippen LogP contribution >= 0.6 is 0 Å². The number of hydrogen-bond donors (Lipinski definition) is 3. The lowest BCUT2D eigenvalue weighted by Gasteiger charge is -2.05. The summed E-state index contributed by atoms with van der Waals surface area (Å²) in [5.41, 5.74) is 0. The molecule has 0 atom stereocenters. The first kappa shape index (κ1) is 9.83. The van der Waals surface area contributed by atoms with E-state index in [4.69, 9.17) is 5.84 Å². The predicted molar refractivity (Wildman–Crippen MR) is 39.1 cm³/mol. The molecule has 0 unspecified atom stereocenters. The van der Waals surface area contributed by atoms with E-state index in [-0.39, 0.29) is 5.92 Å². The van der Waals surface area contributed by atoms with Crippen LogP contribution in [0.5, 0.6) is 0 Å². The van der Waals surface area contributed by atoms with Gasteiger partial charge in [-0.3, -0.25) is 5.84 Å². The normalized spacial score (nSPS) is 12.4. The van der Waals surface area contributed by atoms with E-state index in [1.807, 2.05) is 13.8 Å². The van der Waals surface area contributed by atoms with Gasteiger partial charge >= 0.3 is 0 Å². The van der Waals surface area contributed by atoms with Crippen molar-refractivity contribution in [2.45, 2.75) is 13.8 Å². The molecule has 0 rings (SSSR count). The molecule has 0 aromatic rings. The van der Waals surface area contributed by atoms with Crippen molar-refractivity contribution in [1.82, 2.24) is 9.55 Å². The van der Waals surface area contributed by atoms with Crippen molar-refractivity contribution in [3.8, 4) is 0 Å². The van der Waals surface area contributed by atoms with Crippen LogP contribution < -0.4 is 15.4 Å². The van der Waals surface area contributed by atoms with Crippen molar-refractivity contribution in [2.24, 2.45) is 11.8 Å². The smallest absolute Gasteiger partial charge is 0.257 e. The second kappa shape index (κ2) is 3.87. The van der Waals surface area contributed by atoms with Gasteiger partial charge in [0.15, 0.2) is 0 Å². The Morgan fingerprint density at radius 1 is 1.50 bits per heavy atom. The maximum Gasteiger partial charge on any atom is 0.289 e. The van der Waals surface area contributed by atoms with Gasteiger partial charge in [-0.25, -0.2) is 4.72 Å². The van der Waals surface area contributed by atoms with Crippen molar-refractivity contribution in [3.63, 3.8) is 0 Å². The fourth-order valence-corrected chi connectivity index (χ4v) is 0.954. The quantitative estimate of drug-likeness (QED) is 0.368. The molecule has 0 aliphatic carbocycles. The first-order valence-corrected chi connectivity index (χ1v) is 4.43. The second-order valence-electron chi connectivity index (χ2n) is 2.36. The van der Waals surface area contributed by atoms with Crippen LogP contribution in [0.15, 0.2) is 0 Å². The molecule has 0 heterocycles. The van der Waals surface area contributed by atoms with Crippen molar-refractivity contribution < 1.29 is 8.42 Å². The summed E-state index contributed by atoms with van der Waals surface area (Å²) in [6.45, 7) is 4.20. The number of rotatable bonds is 4. The van der Waals surface area contributed by atoms with E-state index in [0.717, 1.165) is 0 Å². The summed E-state index contributed by atoms with van der Waals surface area (Å²) in [5.74, 6) is 4.97. The van der Waals surface area contributed by atoms with Gasteiger partial charge in [-0.05, 0) is 5.92 Å². The largest absolute Gasteiger partial charge is 0.289 e. The maximum atomic E-state index is 10.6. The van der Waals surface area contributed by atoms with Crippen LogP contribution in [0.4, 0.5) is 0 Å². The second-order valence-corrected chi connectivity index (χ2v) is 3.89. The zero-order valence-corrected chi connectivity index (χ0v) is 6.90. The fourth-order valence-electron chi connectivity index (χ4n) is 0.318. The van der Waals surface area contributed by atoms with Crippen molar-refractivity contribution in [2.75, 3.05) is 6.54 Å². The first-order chi connectivity index (χ1) is 4.48. The van der Waals surface area contributed by atoms with Crippen LogP contribution in [-0.2, 0) is 10.2 Å². The predicted octanol–water partition coefficient (Wildman–Crippen LogP) is -1.06. The summed E-state index contributed by atoms with van der Waals surface area (Å²) in [6.07, 6.45) is 0. The minimum absolute atomic E-state index is 0.281. The van der Waals surface area contributed by atoms with Gasteiger partial charge in [0.1, 0.15) is 0 Å². The highest BCUT2D eigenvalue weighted by molar-refractivity contribution is 7.87. The van der Waals surface area contributed by atoms with Crippen LogP contribution in [0.2, 0.25) is 0 Å². The van der Waals surface area contributed by atoms with Gasteiger partial charge in [0.25, 0.3) is 10.2 Å². The molecule has 5 nitrogen and oxygen atoms in total. The van der Waals surface area contributed by atoms with Crippen LogP contribution in [0.1, 0.15) is 13.8 Å². The monoisotopic (exact) mass is 167 g/mol. The van der Waals surface area contributed by atoms with Gasteiger partial charge < -0.3 is 0 Å². The van der Waals surface area contributed by atoms with Crippen LogP contribution in [-0.4, -0.2) is 15.0 Å². The highest BCUT2D eigenvalue weighted by Crippen LogP contribution is 1.87. The Kier molecular flexibility index (Phi) is 3.80. The molecule has 0 spiro atoms. The number of nitrogens with two attached hydrogens (primary N) is 1. The van der Waals surface area contributed by atoms with E-state index < -0.39 is 10.2 Å². The van der Waals surface area contributed by atoms with Gasteiger partial charge in [-0.1, -0.05) is 13.8 Å². The number of nitrogens with one attached hydrogen (secondary N) is 2. The van der Waals surface area contributed by atoms with Gasteiger partial charge in [-0.2, -0.15) is 8.42 Å². The van der Waals surface area contributed by atoms with Crippen LogP contribution in [0, 0.1) is 5.92 Å². The van der Waals surface area contributed by atoms with Gasteiger partial charge in [0, 0.05) is 6.54 Å². The molecule has 0 aromatic heterocycles. The fraction of sp³-hybridized carbons (Fsp3) is 1.00. The average Bonchev–Trinajstić information content (AvgIpc) is 1.85. The Hall–Kier alpha value is -0.170. The summed E-state index contributed by atoms with van der Waals surface area (Å²) < 4.78 is 23.4. The Labute approximate surface area is 61.1 Å². The Balaban J connectivity index is 3.70. The topological polar surface area (TPSA) is 84.2 Å². The summed E-state index contributed by atoms with van der Waals surface area (Å²) in [7, 11) is -3.44. The summed E-state index contributed by atoms with van der Waals surface area (Å²) in [4.78, 5) is 1.66. The molecule has 0 aromatic carbocycles. The van der Waals surface area contributed by atoms with Crippen molar-refractivity contribution >= 4 is 10.2 Å². The van der Waals surface area contributed by atoms with Gasteiger partial charge in [0.05, 0.1) is 0 Å². The third-order valence-electron chi connectivity index (χ3n) is 0.837. The lowest BCUT2D eigenvalue weighted by molar-refractivity contribution is 0.549. The molecular formula is C4H13N3O2S. The average molecular weight is 167 g/mol. The van der Waals surface area contributed by atoms with Gasteiger partial charge in [0.2, 0.25) is 0 Å². The molecule has 0 fully saturated rings.